The normalized spacial score (nSPS) is 34.9. The second kappa shape index (κ2) is 8.41. The lowest BCUT2D eigenvalue weighted by Gasteiger charge is -2.38. The minimum absolute atomic E-state index is 0.0883. The number of carbonyl (C=O) groups excluding carboxylic acids is 3. The van der Waals surface area contributed by atoms with Crippen molar-refractivity contribution in [2.75, 3.05) is 38.8 Å². The number of nitrogens with zero attached hydrogens (tertiary/aromatic N) is 3. The number of hydrogen-bond donors (Lipinski definition) is 1. The van der Waals surface area contributed by atoms with Crippen LogP contribution in [0, 0.1) is 11.8 Å². The molecular formula is C26H31N3O5S. The molecule has 8 nitrogen and oxygen atoms in total. The standard InChI is InChI=1S/C26H31N3O5S/c1-16(15-30)29-21-24(33)28(17-7-9-18(34-4)10-8-17)14-6-12-26(21)20(23(29)32)19-22(31)27(3)13-5-11-25(19,2)35-26/h5-12,16,19-21,30H,13-15H2,1-4H3/t16-,19-,20+,21?,25+,26+/m1/s1. The topological polar surface area (TPSA) is 90.4 Å². The van der Waals surface area contributed by atoms with Gasteiger partial charge in [-0.25, -0.2) is 0 Å². The van der Waals surface area contributed by atoms with E-state index in [0.29, 0.717) is 24.5 Å². The number of anilines is 1. The zero-order chi connectivity index (χ0) is 25.1. The number of fused-ring (bicyclic) bond motifs is 2. The molecule has 0 aromatic heterocycles. The highest BCUT2D eigenvalue weighted by atomic mass is 32.2. The van der Waals surface area contributed by atoms with E-state index in [4.69, 9.17) is 4.74 Å². The number of likely N-dealkylation sites (N-methyl/N-ethyl adjacent to an activating group) is 1. The monoisotopic (exact) mass is 497 g/mol. The molecule has 1 unspecified atom stereocenters. The summed E-state index contributed by atoms with van der Waals surface area (Å²) in [5, 5.41) is 10.0. The number of aliphatic hydroxyl groups is 1. The Morgan fingerprint density at radius 3 is 2.40 bits per heavy atom. The number of methoxy groups -OCH3 is 1. The lowest BCUT2D eigenvalue weighted by atomic mass is 9.74. The highest BCUT2D eigenvalue weighted by Crippen LogP contribution is 2.65. The van der Waals surface area contributed by atoms with Crippen molar-refractivity contribution >= 4 is 35.2 Å². The minimum Gasteiger partial charge on any atom is -0.497 e. The summed E-state index contributed by atoms with van der Waals surface area (Å²) in [6.07, 6.45) is 7.93. The molecule has 9 heteroatoms. The van der Waals surface area contributed by atoms with Gasteiger partial charge in [-0.3, -0.25) is 14.4 Å². The molecule has 0 radical (unpaired) electrons. The largest absolute Gasteiger partial charge is 0.497 e. The lowest BCUT2D eigenvalue weighted by molar-refractivity contribution is -0.144. The van der Waals surface area contributed by atoms with E-state index in [2.05, 4.69) is 0 Å². The van der Waals surface area contributed by atoms with Crippen LogP contribution in [0.15, 0.2) is 48.6 Å². The molecule has 1 N–H and O–H groups in total. The number of carbonyl (C=O) groups is 3. The molecule has 3 amide bonds. The van der Waals surface area contributed by atoms with Crippen molar-refractivity contribution in [1.29, 1.82) is 0 Å². The molecule has 2 fully saturated rings. The van der Waals surface area contributed by atoms with Crippen molar-refractivity contribution in [1.82, 2.24) is 9.80 Å². The van der Waals surface area contributed by atoms with Crippen LogP contribution < -0.4 is 9.64 Å². The Balaban J connectivity index is 1.65. The molecule has 35 heavy (non-hydrogen) atoms. The number of thioether (sulfide) groups is 1. The van der Waals surface area contributed by atoms with Gasteiger partial charge in [0.1, 0.15) is 11.8 Å². The van der Waals surface area contributed by atoms with E-state index >= 15 is 0 Å². The van der Waals surface area contributed by atoms with Crippen LogP contribution in [0.5, 0.6) is 5.75 Å². The Labute approximate surface area is 209 Å². The molecule has 1 spiro atoms. The van der Waals surface area contributed by atoms with Crippen LogP contribution >= 0.6 is 11.8 Å². The van der Waals surface area contributed by atoms with Crippen molar-refractivity contribution < 1.29 is 24.2 Å². The maximum absolute atomic E-state index is 14.3. The molecular weight excluding hydrogens is 466 g/mol. The maximum atomic E-state index is 14.3. The molecule has 0 aliphatic carbocycles. The van der Waals surface area contributed by atoms with Gasteiger partial charge in [-0.2, -0.15) is 0 Å². The zero-order valence-corrected chi connectivity index (χ0v) is 21.2. The summed E-state index contributed by atoms with van der Waals surface area (Å²) in [5.74, 6) is -1.17. The van der Waals surface area contributed by atoms with Crippen LogP contribution in [0.4, 0.5) is 5.69 Å². The number of ether oxygens (including phenoxy) is 1. The molecule has 1 aromatic carbocycles. The molecule has 4 heterocycles. The highest BCUT2D eigenvalue weighted by Gasteiger charge is 2.74. The molecule has 0 saturated carbocycles. The fraction of sp³-hybridized carbons (Fsp3) is 0.500. The van der Waals surface area contributed by atoms with Crippen molar-refractivity contribution in [3.8, 4) is 5.75 Å². The molecule has 4 aliphatic rings. The van der Waals surface area contributed by atoms with Crippen molar-refractivity contribution in [3.05, 3.63) is 48.6 Å². The first-order chi connectivity index (χ1) is 16.7. The smallest absolute Gasteiger partial charge is 0.251 e. The number of likely N-dealkylation sites (tertiary alicyclic amines) is 1. The highest BCUT2D eigenvalue weighted by molar-refractivity contribution is 8.02. The van der Waals surface area contributed by atoms with E-state index in [1.807, 2.05) is 43.4 Å². The van der Waals surface area contributed by atoms with Crippen LogP contribution in [-0.2, 0) is 14.4 Å². The molecule has 0 bridgehead atoms. The number of amides is 3. The lowest BCUT2D eigenvalue weighted by Crippen LogP contribution is -2.56. The third-order valence-electron chi connectivity index (χ3n) is 7.82. The third-order valence-corrected chi connectivity index (χ3v) is 9.62. The molecule has 6 atom stereocenters. The zero-order valence-electron chi connectivity index (χ0n) is 20.4. The van der Waals surface area contributed by atoms with Gasteiger partial charge >= 0.3 is 0 Å². The van der Waals surface area contributed by atoms with Gasteiger partial charge in [0, 0.05) is 30.6 Å². The van der Waals surface area contributed by atoms with Gasteiger partial charge in [0.2, 0.25) is 11.8 Å². The van der Waals surface area contributed by atoms with Crippen molar-refractivity contribution in [2.24, 2.45) is 11.8 Å². The summed E-state index contributed by atoms with van der Waals surface area (Å²) in [4.78, 5) is 46.8. The summed E-state index contributed by atoms with van der Waals surface area (Å²) in [5.41, 5.74) is 0.698. The predicted octanol–water partition coefficient (Wildman–Crippen LogP) is 1.69. The van der Waals surface area contributed by atoms with Crippen LogP contribution in [0.25, 0.3) is 0 Å². The second-order valence-corrected chi connectivity index (χ2v) is 11.7. The van der Waals surface area contributed by atoms with Crippen molar-refractivity contribution in [2.45, 2.75) is 35.4 Å². The van der Waals surface area contributed by atoms with E-state index in [-0.39, 0.29) is 24.3 Å². The van der Waals surface area contributed by atoms with Gasteiger partial charge in [0.15, 0.2) is 0 Å². The van der Waals surface area contributed by atoms with E-state index < -0.39 is 33.4 Å². The second-order valence-electron chi connectivity index (χ2n) is 9.94. The SMILES string of the molecule is COc1ccc(N2CC=C[C@]34S[C@@]5(C)C=CCN(C)C(=O)[C@H]5[C@H]3C(=O)N([C@H](C)CO)C4C2=O)cc1. The maximum Gasteiger partial charge on any atom is 0.251 e. The summed E-state index contributed by atoms with van der Waals surface area (Å²) < 4.78 is 3.71. The number of rotatable bonds is 4. The van der Waals surface area contributed by atoms with E-state index in [0.717, 1.165) is 0 Å². The Morgan fingerprint density at radius 2 is 1.74 bits per heavy atom. The fourth-order valence-corrected chi connectivity index (χ4v) is 8.28. The number of hydrogen-bond acceptors (Lipinski definition) is 6. The first-order valence-corrected chi connectivity index (χ1v) is 12.7. The van der Waals surface area contributed by atoms with Crippen LogP contribution in [0.3, 0.4) is 0 Å². The first kappa shape index (κ1) is 23.9. The summed E-state index contributed by atoms with van der Waals surface area (Å²) >= 11 is 1.54. The minimum atomic E-state index is -0.920. The van der Waals surface area contributed by atoms with E-state index in [1.54, 1.807) is 54.8 Å². The average Bonchev–Trinajstić information content (AvgIpc) is 3.14. The number of benzene rings is 1. The van der Waals surface area contributed by atoms with E-state index in [1.165, 1.54) is 4.90 Å². The predicted molar refractivity (Wildman–Crippen MR) is 134 cm³/mol. The van der Waals surface area contributed by atoms with Gasteiger partial charge in [0.05, 0.1) is 36.3 Å². The summed E-state index contributed by atoms with van der Waals surface area (Å²) in [7, 11) is 3.34. The van der Waals surface area contributed by atoms with Gasteiger partial charge in [-0.1, -0.05) is 24.3 Å². The van der Waals surface area contributed by atoms with Crippen molar-refractivity contribution in [3.63, 3.8) is 0 Å². The van der Waals surface area contributed by atoms with Crippen LogP contribution in [0.2, 0.25) is 0 Å². The van der Waals surface area contributed by atoms with Crippen LogP contribution in [-0.4, -0.2) is 88.1 Å². The molecule has 4 aliphatic heterocycles. The fourth-order valence-electron chi connectivity index (χ4n) is 6.14. The quantitative estimate of drug-likeness (QED) is 0.637. The Morgan fingerprint density at radius 1 is 1.06 bits per heavy atom. The molecule has 1 aromatic rings. The van der Waals surface area contributed by atoms with Gasteiger partial charge in [-0.15, -0.1) is 11.8 Å². The van der Waals surface area contributed by atoms with E-state index in [9.17, 15) is 19.5 Å². The van der Waals surface area contributed by atoms with Crippen LogP contribution in [0.1, 0.15) is 13.8 Å². The third kappa shape index (κ3) is 3.35. The first-order valence-electron chi connectivity index (χ1n) is 11.9. The Bertz CT molecular complexity index is 1120. The Kier molecular flexibility index (Phi) is 5.75. The van der Waals surface area contributed by atoms with Gasteiger partial charge in [-0.05, 0) is 38.1 Å². The Hall–Kier alpha value is -2.78. The summed E-state index contributed by atoms with van der Waals surface area (Å²) in [6.45, 7) is 4.30. The molecule has 5 rings (SSSR count). The van der Waals surface area contributed by atoms with Gasteiger partial charge < -0.3 is 24.5 Å². The molecule has 2 saturated heterocycles. The number of aliphatic hydroxyl groups excluding tert-OH is 1. The average molecular weight is 498 g/mol. The summed E-state index contributed by atoms with van der Waals surface area (Å²) in [6, 6.07) is 5.83. The van der Waals surface area contributed by atoms with Gasteiger partial charge in [0.25, 0.3) is 5.91 Å². The molecule has 186 valence electrons.